The van der Waals surface area contributed by atoms with Gasteiger partial charge in [0, 0.05) is 11.8 Å². The predicted molar refractivity (Wildman–Crippen MR) is 72.1 cm³/mol. The number of hydrogen-bond donors (Lipinski definition) is 0. The number of nitro groups is 1. The Morgan fingerprint density at radius 1 is 1.43 bits per heavy atom. The van der Waals surface area contributed by atoms with Crippen LogP contribution in [0.25, 0.3) is 0 Å². The van der Waals surface area contributed by atoms with Crippen molar-refractivity contribution in [2.75, 3.05) is 0 Å². The summed E-state index contributed by atoms with van der Waals surface area (Å²) in [7, 11) is 0. The normalized spacial score (nSPS) is 10.2. The van der Waals surface area contributed by atoms with Crippen LogP contribution in [0.4, 0.5) is 10.1 Å². The molecule has 0 atom stereocenters. The number of carbonyl (C=O) groups is 1. The average molecular weight is 290 g/mol. The van der Waals surface area contributed by atoms with E-state index in [9.17, 15) is 19.3 Å². The summed E-state index contributed by atoms with van der Waals surface area (Å²) in [6.45, 7) is 2.80. The van der Waals surface area contributed by atoms with Gasteiger partial charge in [0.2, 0.25) is 5.88 Å². The molecule has 6 nitrogen and oxygen atoms in total. The van der Waals surface area contributed by atoms with Crippen molar-refractivity contribution in [3.8, 4) is 11.6 Å². The lowest BCUT2D eigenvalue weighted by Crippen LogP contribution is -2.01. The first kappa shape index (κ1) is 14.6. The molecule has 0 fully saturated rings. The highest BCUT2D eigenvalue weighted by Gasteiger charge is 2.18. The summed E-state index contributed by atoms with van der Waals surface area (Å²) >= 11 is 0. The van der Waals surface area contributed by atoms with Gasteiger partial charge in [-0.2, -0.15) is 0 Å². The molecule has 0 radical (unpaired) electrons. The third-order valence-corrected chi connectivity index (χ3v) is 2.80. The van der Waals surface area contributed by atoms with Gasteiger partial charge in [-0.05, 0) is 32.0 Å². The van der Waals surface area contributed by atoms with Crippen LogP contribution in [0.15, 0.2) is 30.5 Å². The zero-order valence-corrected chi connectivity index (χ0v) is 11.3. The summed E-state index contributed by atoms with van der Waals surface area (Å²) in [6.07, 6.45) is 1.40. The van der Waals surface area contributed by atoms with Gasteiger partial charge in [-0.1, -0.05) is 0 Å². The molecule has 0 unspecified atom stereocenters. The number of nitrogens with zero attached hydrogens (tertiary/aromatic N) is 2. The molecule has 0 aliphatic carbocycles. The minimum absolute atomic E-state index is 0.0443. The molecule has 0 bridgehead atoms. The molecule has 2 rings (SSSR count). The number of aromatic nitrogens is 1. The van der Waals surface area contributed by atoms with E-state index >= 15 is 0 Å². The van der Waals surface area contributed by atoms with Gasteiger partial charge in [0.05, 0.1) is 16.6 Å². The van der Waals surface area contributed by atoms with E-state index in [1.165, 1.54) is 32.2 Å². The molecule has 0 aliphatic heterocycles. The van der Waals surface area contributed by atoms with Crippen molar-refractivity contribution in [1.82, 2.24) is 4.98 Å². The van der Waals surface area contributed by atoms with Crippen molar-refractivity contribution >= 4 is 11.5 Å². The molecule has 0 saturated heterocycles. The van der Waals surface area contributed by atoms with Crippen LogP contribution in [0.5, 0.6) is 11.6 Å². The lowest BCUT2D eigenvalue weighted by molar-refractivity contribution is -0.385. The first-order valence-electron chi connectivity index (χ1n) is 5.98. The molecule has 0 amide bonds. The van der Waals surface area contributed by atoms with E-state index < -0.39 is 10.7 Å². The molecule has 0 saturated carbocycles. The van der Waals surface area contributed by atoms with Gasteiger partial charge in [-0.15, -0.1) is 0 Å². The maximum Gasteiger partial charge on any atom is 0.275 e. The van der Waals surface area contributed by atoms with Crippen molar-refractivity contribution in [2.24, 2.45) is 0 Å². The zero-order valence-electron chi connectivity index (χ0n) is 11.3. The minimum atomic E-state index is -0.896. The van der Waals surface area contributed by atoms with Gasteiger partial charge >= 0.3 is 0 Å². The number of benzene rings is 1. The second-order valence-corrected chi connectivity index (χ2v) is 4.34. The molecule has 1 aromatic carbocycles. The van der Waals surface area contributed by atoms with Crippen LogP contribution in [0, 0.1) is 22.9 Å². The van der Waals surface area contributed by atoms with Crippen molar-refractivity contribution in [3.05, 3.63) is 57.5 Å². The average Bonchev–Trinajstić information content (AvgIpc) is 2.42. The Hall–Kier alpha value is -2.83. The van der Waals surface area contributed by atoms with E-state index in [1.807, 2.05) is 0 Å². The molecule has 21 heavy (non-hydrogen) atoms. The van der Waals surface area contributed by atoms with E-state index in [-0.39, 0.29) is 34.2 Å². The molecule has 108 valence electrons. The number of carbonyl (C=O) groups excluding carboxylic acids is 1. The van der Waals surface area contributed by atoms with Crippen molar-refractivity contribution in [3.63, 3.8) is 0 Å². The summed E-state index contributed by atoms with van der Waals surface area (Å²) in [5, 5.41) is 10.7. The van der Waals surface area contributed by atoms with Crippen molar-refractivity contribution < 1.29 is 18.8 Å². The Morgan fingerprint density at radius 2 is 2.14 bits per heavy atom. The fraction of sp³-hybridized carbons (Fsp3) is 0.143. The number of aryl methyl sites for hydroxylation is 1. The number of rotatable bonds is 4. The van der Waals surface area contributed by atoms with Crippen molar-refractivity contribution in [1.29, 1.82) is 0 Å². The fourth-order valence-corrected chi connectivity index (χ4v) is 1.76. The number of nitro benzene ring substituents is 1. The monoisotopic (exact) mass is 290 g/mol. The van der Waals surface area contributed by atoms with E-state index in [4.69, 9.17) is 4.74 Å². The van der Waals surface area contributed by atoms with Gasteiger partial charge < -0.3 is 4.74 Å². The zero-order chi connectivity index (χ0) is 15.6. The molecule has 2 aromatic rings. The summed E-state index contributed by atoms with van der Waals surface area (Å²) in [5.74, 6) is -1.44. The number of ketones is 1. The highest BCUT2D eigenvalue weighted by molar-refractivity contribution is 5.96. The summed E-state index contributed by atoms with van der Waals surface area (Å²) in [6, 6.07) is 5.04. The van der Waals surface area contributed by atoms with Gasteiger partial charge in [-0.25, -0.2) is 9.37 Å². The Morgan fingerprint density at radius 3 is 2.76 bits per heavy atom. The quantitative estimate of drug-likeness (QED) is 0.489. The molecule has 0 aliphatic rings. The van der Waals surface area contributed by atoms with Gasteiger partial charge in [0.15, 0.2) is 17.3 Å². The Bertz CT molecular complexity index is 731. The molecular weight excluding hydrogens is 279 g/mol. The number of pyridine rings is 1. The summed E-state index contributed by atoms with van der Waals surface area (Å²) in [4.78, 5) is 25.4. The van der Waals surface area contributed by atoms with E-state index in [1.54, 1.807) is 6.07 Å². The largest absolute Gasteiger partial charge is 0.435 e. The first-order chi connectivity index (χ1) is 9.90. The Labute approximate surface area is 119 Å². The van der Waals surface area contributed by atoms with Crippen LogP contribution in [0.2, 0.25) is 0 Å². The predicted octanol–water partition coefficient (Wildman–Crippen LogP) is 3.43. The third kappa shape index (κ3) is 3.02. The number of ether oxygens (including phenoxy) is 1. The summed E-state index contributed by atoms with van der Waals surface area (Å²) in [5.41, 5.74) is 0.109. The first-order valence-corrected chi connectivity index (χ1v) is 5.98. The van der Waals surface area contributed by atoms with Crippen LogP contribution in [-0.2, 0) is 0 Å². The molecule has 1 heterocycles. The highest BCUT2D eigenvalue weighted by atomic mass is 19.1. The third-order valence-electron chi connectivity index (χ3n) is 2.80. The maximum absolute atomic E-state index is 13.9. The SMILES string of the molecule is CC(=O)c1cccnc1Oc1cc(C)c([N+](=O)[O-])cc1F. The fourth-order valence-electron chi connectivity index (χ4n) is 1.76. The topological polar surface area (TPSA) is 82.3 Å². The Balaban J connectivity index is 2.44. The number of halogens is 1. The lowest BCUT2D eigenvalue weighted by atomic mass is 10.2. The van der Waals surface area contributed by atoms with Crippen LogP contribution in [0.1, 0.15) is 22.8 Å². The van der Waals surface area contributed by atoms with Crippen LogP contribution >= 0.6 is 0 Å². The number of Topliss-reactive ketones (excluding diaryl/α,β-unsaturated/α-hetero) is 1. The lowest BCUT2D eigenvalue weighted by Gasteiger charge is -2.09. The minimum Gasteiger partial charge on any atom is -0.435 e. The highest BCUT2D eigenvalue weighted by Crippen LogP contribution is 2.31. The van der Waals surface area contributed by atoms with Crippen LogP contribution in [0.3, 0.4) is 0 Å². The van der Waals surface area contributed by atoms with E-state index in [0.29, 0.717) is 0 Å². The molecular formula is C14H11FN2O4. The molecule has 7 heteroatoms. The summed E-state index contributed by atoms with van der Waals surface area (Å²) < 4.78 is 19.2. The Kier molecular flexibility index (Phi) is 3.93. The van der Waals surface area contributed by atoms with Gasteiger partial charge in [0.1, 0.15) is 0 Å². The standard InChI is InChI=1S/C14H11FN2O4/c1-8-6-13(11(15)7-12(8)17(19)20)21-14-10(9(2)18)4-3-5-16-14/h3-7H,1-2H3. The number of hydrogen-bond acceptors (Lipinski definition) is 5. The van der Waals surface area contributed by atoms with E-state index in [0.717, 1.165) is 6.07 Å². The smallest absolute Gasteiger partial charge is 0.275 e. The van der Waals surface area contributed by atoms with Gasteiger partial charge in [0.25, 0.3) is 5.69 Å². The second-order valence-electron chi connectivity index (χ2n) is 4.34. The van der Waals surface area contributed by atoms with E-state index in [2.05, 4.69) is 4.98 Å². The second kappa shape index (κ2) is 5.66. The van der Waals surface area contributed by atoms with Crippen LogP contribution < -0.4 is 4.74 Å². The molecule has 0 spiro atoms. The van der Waals surface area contributed by atoms with Crippen LogP contribution in [-0.4, -0.2) is 15.7 Å². The van der Waals surface area contributed by atoms with Crippen molar-refractivity contribution in [2.45, 2.75) is 13.8 Å². The molecule has 0 N–H and O–H groups in total. The maximum atomic E-state index is 13.9. The van der Waals surface area contributed by atoms with Gasteiger partial charge in [-0.3, -0.25) is 14.9 Å². The molecule has 1 aromatic heterocycles.